The second-order valence-corrected chi connectivity index (χ2v) is 4.56. The largest absolute Gasteiger partial charge is 0.476 e. The molecule has 2 aromatic rings. The quantitative estimate of drug-likeness (QED) is 0.825. The number of aromatic nitrogens is 3. The first-order valence-corrected chi connectivity index (χ1v) is 5.84. The van der Waals surface area contributed by atoms with E-state index in [4.69, 9.17) is 5.11 Å². The zero-order valence-electron chi connectivity index (χ0n) is 10.3. The summed E-state index contributed by atoms with van der Waals surface area (Å²) in [4.78, 5) is 15.7. The normalized spacial score (nSPS) is 13.0. The molecule has 92 valence electrons. The number of carboxylic acid groups (broad SMARTS) is 1. The SMILES string of the molecule is Cc1ccc2c(n1)-c1c(c(C(=O)O)nn1C)CC2. The van der Waals surface area contributed by atoms with Gasteiger partial charge in [-0.3, -0.25) is 9.67 Å². The lowest BCUT2D eigenvalue weighted by molar-refractivity contribution is 0.0688. The molecule has 0 spiro atoms. The molecule has 3 rings (SSSR count). The maximum absolute atomic E-state index is 11.2. The summed E-state index contributed by atoms with van der Waals surface area (Å²) in [6.07, 6.45) is 1.53. The van der Waals surface area contributed by atoms with Gasteiger partial charge in [-0.1, -0.05) is 6.07 Å². The molecule has 0 radical (unpaired) electrons. The molecule has 0 saturated heterocycles. The molecule has 5 nitrogen and oxygen atoms in total. The van der Waals surface area contributed by atoms with Crippen LogP contribution in [0.1, 0.15) is 27.3 Å². The van der Waals surface area contributed by atoms with Crippen molar-refractivity contribution in [3.05, 3.63) is 34.6 Å². The molecular weight excluding hydrogens is 230 g/mol. The zero-order chi connectivity index (χ0) is 12.9. The fraction of sp³-hybridized carbons (Fsp3) is 0.308. The number of aromatic carboxylic acids is 1. The molecule has 0 amide bonds. The van der Waals surface area contributed by atoms with Gasteiger partial charge in [0.2, 0.25) is 0 Å². The highest BCUT2D eigenvalue weighted by molar-refractivity contribution is 5.90. The molecule has 0 aromatic carbocycles. The van der Waals surface area contributed by atoms with Crippen LogP contribution in [0.25, 0.3) is 11.4 Å². The molecule has 0 unspecified atom stereocenters. The first kappa shape index (κ1) is 11.0. The predicted molar refractivity (Wildman–Crippen MR) is 65.5 cm³/mol. The third-order valence-electron chi connectivity index (χ3n) is 3.33. The average Bonchev–Trinajstić information content (AvgIpc) is 2.67. The van der Waals surface area contributed by atoms with E-state index in [1.165, 1.54) is 0 Å². The molecule has 1 N–H and O–H groups in total. The number of carboxylic acids is 1. The first-order chi connectivity index (χ1) is 8.58. The minimum absolute atomic E-state index is 0.154. The molecule has 2 heterocycles. The molecular formula is C13H13N3O2. The molecule has 0 aliphatic heterocycles. The molecule has 5 heteroatoms. The maximum Gasteiger partial charge on any atom is 0.356 e. The summed E-state index contributed by atoms with van der Waals surface area (Å²) in [5.41, 5.74) is 4.76. The lowest BCUT2D eigenvalue weighted by Crippen LogP contribution is -2.09. The van der Waals surface area contributed by atoms with Gasteiger partial charge in [0.05, 0.1) is 11.4 Å². The molecule has 2 aromatic heterocycles. The summed E-state index contributed by atoms with van der Waals surface area (Å²) in [5, 5.41) is 13.3. The summed E-state index contributed by atoms with van der Waals surface area (Å²) in [7, 11) is 1.77. The van der Waals surface area contributed by atoms with Gasteiger partial charge in [-0.15, -0.1) is 0 Å². The fourth-order valence-corrected chi connectivity index (χ4v) is 2.52. The van der Waals surface area contributed by atoms with Crippen LogP contribution in [0.4, 0.5) is 0 Å². The van der Waals surface area contributed by atoms with Crippen LogP contribution in [-0.2, 0) is 19.9 Å². The number of fused-ring (bicyclic) bond motifs is 3. The second kappa shape index (κ2) is 3.66. The number of rotatable bonds is 1. The minimum atomic E-state index is -0.969. The molecule has 18 heavy (non-hydrogen) atoms. The molecule has 0 bridgehead atoms. The zero-order valence-corrected chi connectivity index (χ0v) is 10.3. The van der Waals surface area contributed by atoms with Gasteiger partial charge < -0.3 is 5.11 Å². The highest BCUT2D eigenvalue weighted by Gasteiger charge is 2.27. The van der Waals surface area contributed by atoms with Gasteiger partial charge in [0.1, 0.15) is 0 Å². The van der Waals surface area contributed by atoms with Gasteiger partial charge in [-0.25, -0.2) is 4.79 Å². The monoisotopic (exact) mass is 243 g/mol. The van der Waals surface area contributed by atoms with Gasteiger partial charge in [0.15, 0.2) is 5.69 Å². The topological polar surface area (TPSA) is 68.0 Å². The van der Waals surface area contributed by atoms with Crippen LogP contribution in [0.15, 0.2) is 12.1 Å². The van der Waals surface area contributed by atoms with Crippen LogP contribution < -0.4 is 0 Å². The Morgan fingerprint density at radius 3 is 2.89 bits per heavy atom. The van der Waals surface area contributed by atoms with Crippen molar-refractivity contribution in [2.24, 2.45) is 7.05 Å². The number of pyridine rings is 1. The molecule has 0 saturated carbocycles. The van der Waals surface area contributed by atoms with Gasteiger partial charge in [-0.05, 0) is 31.4 Å². The molecule has 0 atom stereocenters. The molecule has 0 fully saturated rings. The Labute approximate surface area is 104 Å². The third kappa shape index (κ3) is 1.44. The van der Waals surface area contributed by atoms with E-state index in [0.29, 0.717) is 6.42 Å². The number of nitrogens with zero attached hydrogens (tertiary/aromatic N) is 3. The minimum Gasteiger partial charge on any atom is -0.476 e. The van der Waals surface area contributed by atoms with Gasteiger partial charge >= 0.3 is 5.97 Å². The summed E-state index contributed by atoms with van der Waals surface area (Å²) in [6, 6.07) is 4.05. The van der Waals surface area contributed by atoms with Crippen LogP contribution in [0.5, 0.6) is 0 Å². The van der Waals surface area contributed by atoms with Crippen molar-refractivity contribution in [3.63, 3.8) is 0 Å². The van der Waals surface area contributed by atoms with Crippen LogP contribution in [0.3, 0.4) is 0 Å². The third-order valence-corrected chi connectivity index (χ3v) is 3.33. The Morgan fingerprint density at radius 1 is 1.39 bits per heavy atom. The first-order valence-electron chi connectivity index (χ1n) is 5.84. The van der Waals surface area contributed by atoms with Gasteiger partial charge in [0.25, 0.3) is 0 Å². The Morgan fingerprint density at radius 2 is 2.17 bits per heavy atom. The lowest BCUT2D eigenvalue weighted by atomic mass is 9.92. The Kier molecular flexibility index (Phi) is 2.23. The second-order valence-electron chi connectivity index (χ2n) is 4.56. The van der Waals surface area contributed by atoms with E-state index in [1.54, 1.807) is 11.7 Å². The number of hydrogen-bond acceptors (Lipinski definition) is 3. The van der Waals surface area contributed by atoms with Crippen molar-refractivity contribution in [3.8, 4) is 11.4 Å². The summed E-state index contributed by atoms with van der Waals surface area (Å²) in [5.74, 6) is -0.969. The standard InChI is InChI=1S/C13H13N3O2/c1-7-3-4-8-5-6-9-11(13(17)18)15-16(2)12(9)10(8)14-7/h3-4H,5-6H2,1-2H3,(H,17,18). The van der Waals surface area contributed by atoms with Crippen molar-refractivity contribution in [2.45, 2.75) is 19.8 Å². The van der Waals surface area contributed by atoms with E-state index in [9.17, 15) is 4.79 Å². The lowest BCUT2D eigenvalue weighted by Gasteiger charge is -2.16. The predicted octanol–water partition coefficient (Wildman–Crippen LogP) is 1.59. The summed E-state index contributed by atoms with van der Waals surface area (Å²) < 4.78 is 1.63. The van der Waals surface area contributed by atoms with Crippen molar-refractivity contribution >= 4 is 5.97 Å². The molecule has 1 aliphatic carbocycles. The number of aryl methyl sites for hydroxylation is 3. The highest BCUT2D eigenvalue weighted by atomic mass is 16.4. The molecule has 1 aliphatic rings. The fourth-order valence-electron chi connectivity index (χ4n) is 2.52. The van der Waals surface area contributed by atoms with Crippen molar-refractivity contribution < 1.29 is 9.90 Å². The van der Waals surface area contributed by atoms with Crippen LogP contribution in [-0.4, -0.2) is 25.8 Å². The Balaban J connectivity index is 2.30. The van der Waals surface area contributed by atoms with E-state index in [1.807, 2.05) is 13.0 Å². The van der Waals surface area contributed by atoms with E-state index in [0.717, 1.165) is 34.6 Å². The van der Waals surface area contributed by atoms with E-state index < -0.39 is 5.97 Å². The van der Waals surface area contributed by atoms with Crippen molar-refractivity contribution in [1.82, 2.24) is 14.8 Å². The highest BCUT2D eigenvalue weighted by Crippen LogP contribution is 2.33. The van der Waals surface area contributed by atoms with Crippen LogP contribution in [0.2, 0.25) is 0 Å². The number of carbonyl (C=O) groups is 1. The van der Waals surface area contributed by atoms with Crippen molar-refractivity contribution in [2.75, 3.05) is 0 Å². The van der Waals surface area contributed by atoms with Gasteiger partial charge in [-0.2, -0.15) is 5.10 Å². The Bertz CT molecular complexity index is 658. The number of hydrogen-bond donors (Lipinski definition) is 1. The Hall–Kier alpha value is -2.17. The van der Waals surface area contributed by atoms with E-state index in [2.05, 4.69) is 16.1 Å². The van der Waals surface area contributed by atoms with E-state index >= 15 is 0 Å². The summed E-state index contributed by atoms with van der Waals surface area (Å²) in [6.45, 7) is 1.93. The maximum atomic E-state index is 11.2. The average molecular weight is 243 g/mol. The van der Waals surface area contributed by atoms with Crippen LogP contribution in [0, 0.1) is 6.92 Å². The van der Waals surface area contributed by atoms with Gasteiger partial charge in [0, 0.05) is 18.3 Å². The smallest absolute Gasteiger partial charge is 0.356 e. The van der Waals surface area contributed by atoms with E-state index in [-0.39, 0.29) is 5.69 Å². The van der Waals surface area contributed by atoms with Crippen LogP contribution >= 0.6 is 0 Å². The van der Waals surface area contributed by atoms with Crippen molar-refractivity contribution in [1.29, 1.82) is 0 Å². The summed E-state index contributed by atoms with van der Waals surface area (Å²) >= 11 is 0.